The highest BCUT2D eigenvalue weighted by Crippen LogP contribution is 2.26. The van der Waals surface area contributed by atoms with E-state index in [1.165, 1.54) is 25.6 Å². The summed E-state index contributed by atoms with van der Waals surface area (Å²) in [6, 6.07) is 1.70. The highest BCUT2D eigenvalue weighted by Gasteiger charge is 2.28. The molecular weight excluding hydrogens is 230 g/mol. The maximum absolute atomic E-state index is 6.30. The zero-order valence-corrected chi connectivity index (χ0v) is 10.9. The molecule has 5 heteroatoms. The Hall–Kier alpha value is -1.36. The number of hydrogen-bond donors (Lipinski definition) is 1. The van der Waals surface area contributed by atoms with Crippen molar-refractivity contribution < 1.29 is 9.47 Å². The summed E-state index contributed by atoms with van der Waals surface area (Å²) in [7, 11) is 0. The molecule has 0 radical (unpaired) electrons. The third-order valence-electron chi connectivity index (χ3n) is 3.27. The average Bonchev–Trinajstić information content (AvgIpc) is 2.38. The zero-order chi connectivity index (χ0) is 12.8. The summed E-state index contributed by atoms with van der Waals surface area (Å²) in [5.41, 5.74) is 6.10. The van der Waals surface area contributed by atoms with E-state index in [1.807, 2.05) is 6.92 Å². The van der Waals surface area contributed by atoms with E-state index in [4.69, 9.17) is 15.2 Å². The van der Waals surface area contributed by atoms with Crippen LogP contribution in [0.15, 0.2) is 12.4 Å². The van der Waals surface area contributed by atoms with Gasteiger partial charge in [0.25, 0.3) is 0 Å². The SMILES string of the molecule is CCOc1cc(OCC2(N)CCCCC2)ncn1. The largest absolute Gasteiger partial charge is 0.478 e. The summed E-state index contributed by atoms with van der Waals surface area (Å²) >= 11 is 0. The van der Waals surface area contributed by atoms with Gasteiger partial charge >= 0.3 is 0 Å². The van der Waals surface area contributed by atoms with Crippen LogP contribution in [0.2, 0.25) is 0 Å². The second kappa shape index (κ2) is 6.00. The Balaban J connectivity index is 1.90. The van der Waals surface area contributed by atoms with Crippen molar-refractivity contribution >= 4 is 0 Å². The Kier molecular flexibility index (Phi) is 4.36. The van der Waals surface area contributed by atoms with Gasteiger partial charge in [-0.1, -0.05) is 19.3 Å². The summed E-state index contributed by atoms with van der Waals surface area (Å²) < 4.78 is 11.0. The number of hydrogen-bond acceptors (Lipinski definition) is 5. The molecule has 1 aromatic rings. The maximum atomic E-state index is 6.30. The zero-order valence-electron chi connectivity index (χ0n) is 10.9. The molecule has 0 aliphatic heterocycles. The lowest BCUT2D eigenvalue weighted by Crippen LogP contribution is -2.47. The minimum atomic E-state index is -0.199. The summed E-state index contributed by atoms with van der Waals surface area (Å²) in [6.45, 7) is 3.01. The van der Waals surface area contributed by atoms with E-state index >= 15 is 0 Å². The van der Waals surface area contributed by atoms with Crippen LogP contribution in [0, 0.1) is 0 Å². The molecule has 5 nitrogen and oxygen atoms in total. The van der Waals surface area contributed by atoms with Crippen LogP contribution in [-0.4, -0.2) is 28.7 Å². The molecule has 0 bridgehead atoms. The molecule has 0 aromatic carbocycles. The summed E-state index contributed by atoms with van der Waals surface area (Å²) in [4.78, 5) is 8.06. The van der Waals surface area contributed by atoms with Crippen molar-refractivity contribution in [1.82, 2.24) is 9.97 Å². The Morgan fingerprint density at radius 1 is 1.17 bits per heavy atom. The first-order valence-electron chi connectivity index (χ1n) is 6.58. The topological polar surface area (TPSA) is 70.3 Å². The van der Waals surface area contributed by atoms with Gasteiger partial charge in [0.2, 0.25) is 11.8 Å². The van der Waals surface area contributed by atoms with Gasteiger partial charge in [0.05, 0.1) is 18.2 Å². The summed E-state index contributed by atoms with van der Waals surface area (Å²) in [5.74, 6) is 1.07. The molecule has 1 aliphatic rings. The lowest BCUT2D eigenvalue weighted by atomic mass is 9.83. The third-order valence-corrected chi connectivity index (χ3v) is 3.27. The van der Waals surface area contributed by atoms with Gasteiger partial charge in [0.1, 0.15) is 12.9 Å². The van der Waals surface area contributed by atoms with Crippen LogP contribution in [0.1, 0.15) is 39.0 Å². The third kappa shape index (κ3) is 3.57. The van der Waals surface area contributed by atoms with Gasteiger partial charge in [-0.25, -0.2) is 9.97 Å². The van der Waals surface area contributed by atoms with Gasteiger partial charge in [-0.2, -0.15) is 0 Å². The van der Waals surface area contributed by atoms with Crippen molar-refractivity contribution in [1.29, 1.82) is 0 Å². The standard InChI is InChI=1S/C13H21N3O2/c1-2-17-11-8-12(16-10-15-11)18-9-13(14)6-4-3-5-7-13/h8,10H,2-7,9,14H2,1H3. The fourth-order valence-electron chi connectivity index (χ4n) is 2.25. The van der Waals surface area contributed by atoms with E-state index in [0.29, 0.717) is 25.0 Å². The predicted octanol–water partition coefficient (Wildman–Crippen LogP) is 1.92. The van der Waals surface area contributed by atoms with E-state index < -0.39 is 0 Å². The second-order valence-corrected chi connectivity index (χ2v) is 4.84. The van der Waals surface area contributed by atoms with Crippen LogP contribution in [-0.2, 0) is 0 Å². The first kappa shape index (κ1) is 13.1. The van der Waals surface area contributed by atoms with Crippen LogP contribution in [0.25, 0.3) is 0 Å². The average molecular weight is 251 g/mol. The minimum absolute atomic E-state index is 0.199. The molecule has 100 valence electrons. The van der Waals surface area contributed by atoms with Crippen molar-refractivity contribution in [3.05, 3.63) is 12.4 Å². The number of rotatable bonds is 5. The van der Waals surface area contributed by atoms with Crippen molar-refractivity contribution in [3.63, 3.8) is 0 Å². The molecule has 0 atom stereocenters. The smallest absolute Gasteiger partial charge is 0.220 e. The van der Waals surface area contributed by atoms with Gasteiger partial charge in [0, 0.05) is 0 Å². The Labute approximate surface area is 108 Å². The van der Waals surface area contributed by atoms with Crippen LogP contribution >= 0.6 is 0 Å². The second-order valence-electron chi connectivity index (χ2n) is 4.84. The minimum Gasteiger partial charge on any atom is -0.478 e. The molecule has 0 unspecified atom stereocenters. The normalized spacial score (nSPS) is 18.3. The van der Waals surface area contributed by atoms with Gasteiger partial charge in [0.15, 0.2) is 0 Å². The van der Waals surface area contributed by atoms with Crippen LogP contribution in [0.4, 0.5) is 0 Å². The highest BCUT2D eigenvalue weighted by atomic mass is 16.5. The molecule has 2 rings (SSSR count). The number of ether oxygens (including phenoxy) is 2. The van der Waals surface area contributed by atoms with Gasteiger partial charge < -0.3 is 15.2 Å². The molecule has 1 fully saturated rings. The molecule has 18 heavy (non-hydrogen) atoms. The number of aromatic nitrogens is 2. The van der Waals surface area contributed by atoms with E-state index in [-0.39, 0.29) is 5.54 Å². The fraction of sp³-hybridized carbons (Fsp3) is 0.692. The Bertz CT molecular complexity index is 378. The number of nitrogens with two attached hydrogens (primary N) is 1. The van der Waals surface area contributed by atoms with Crippen molar-refractivity contribution in [2.45, 2.75) is 44.6 Å². The lowest BCUT2D eigenvalue weighted by Gasteiger charge is -2.32. The van der Waals surface area contributed by atoms with Gasteiger partial charge in [-0.3, -0.25) is 0 Å². The van der Waals surface area contributed by atoms with Crippen LogP contribution in [0.3, 0.4) is 0 Å². The molecule has 1 aromatic heterocycles. The molecule has 1 heterocycles. The van der Waals surface area contributed by atoms with E-state index in [2.05, 4.69) is 9.97 Å². The van der Waals surface area contributed by atoms with E-state index in [1.54, 1.807) is 6.07 Å². The Morgan fingerprint density at radius 3 is 2.50 bits per heavy atom. The van der Waals surface area contributed by atoms with Crippen molar-refractivity contribution in [2.24, 2.45) is 5.73 Å². The van der Waals surface area contributed by atoms with Crippen LogP contribution < -0.4 is 15.2 Å². The fourth-order valence-corrected chi connectivity index (χ4v) is 2.25. The maximum Gasteiger partial charge on any atom is 0.220 e. The first-order valence-corrected chi connectivity index (χ1v) is 6.58. The summed E-state index contributed by atoms with van der Waals surface area (Å²) in [6.07, 6.45) is 7.15. The van der Waals surface area contributed by atoms with E-state index in [9.17, 15) is 0 Å². The quantitative estimate of drug-likeness (QED) is 0.865. The molecule has 0 spiro atoms. The lowest BCUT2D eigenvalue weighted by molar-refractivity contribution is 0.168. The predicted molar refractivity (Wildman–Crippen MR) is 68.7 cm³/mol. The molecule has 1 saturated carbocycles. The monoisotopic (exact) mass is 251 g/mol. The molecule has 0 amide bonds. The van der Waals surface area contributed by atoms with Gasteiger partial charge in [-0.15, -0.1) is 0 Å². The number of nitrogens with zero attached hydrogens (tertiary/aromatic N) is 2. The highest BCUT2D eigenvalue weighted by molar-refractivity contribution is 5.18. The molecule has 2 N–H and O–H groups in total. The van der Waals surface area contributed by atoms with Crippen LogP contribution in [0.5, 0.6) is 11.8 Å². The Morgan fingerprint density at radius 2 is 1.83 bits per heavy atom. The molecular formula is C13H21N3O2. The van der Waals surface area contributed by atoms with Gasteiger partial charge in [-0.05, 0) is 19.8 Å². The van der Waals surface area contributed by atoms with Crippen molar-refractivity contribution in [2.75, 3.05) is 13.2 Å². The molecule has 1 aliphatic carbocycles. The van der Waals surface area contributed by atoms with Crippen molar-refractivity contribution in [3.8, 4) is 11.8 Å². The van der Waals surface area contributed by atoms with E-state index in [0.717, 1.165) is 12.8 Å². The first-order chi connectivity index (χ1) is 8.72. The molecule has 0 saturated heterocycles. The summed E-state index contributed by atoms with van der Waals surface area (Å²) in [5, 5.41) is 0.